The molecule has 3 rings (SSSR count). The SMILES string of the molecule is O=C(NCCCN1C(=O)c2ccccc2C1=O)Nc1ccc(Cl)cc1Cl. The highest BCUT2D eigenvalue weighted by atomic mass is 35.5. The monoisotopic (exact) mass is 391 g/mol. The average Bonchev–Trinajstić information content (AvgIpc) is 2.86. The first-order chi connectivity index (χ1) is 12.5. The number of nitrogens with one attached hydrogen (secondary N) is 2. The van der Waals surface area contributed by atoms with Crippen molar-refractivity contribution in [3.8, 4) is 0 Å². The lowest BCUT2D eigenvalue weighted by Gasteiger charge is -2.14. The fraction of sp³-hybridized carbons (Fsp3) is 0.167. The van der Waals surface area contributed by atoms with Crippen molar-refractivity contribution in [2.45, 2.75) is 6.42 Å². The molecule has 0 saturated carbocycles. The molecule has 134 valence electrons. The Morgan fingerprint density at radius 3 is 2.27 bits per heavy atom. The van der Waals surface area contributed by atoms with E-state index in [-0.39, 0.29) is 18.4 Å². The maximum atomic E-state index is 12.2. The first-order valence-corrected chi connectivity index (χ1v) is 8.68. The number of carbonyl (C=O) groups excluding carboxylic acids is 3. The van der Waals surface area contributed by atoms with Crippen molar-refractivity contribution < 1.29 is 14.4 Å². The van der Waals surface area contributed by atoms with Gasteiger partial charge >= 0.3 is 6.03 Å². The quantitative estimate of drug-likeness (QED) is 0.600. The second-order valence-corrected chi connectivity index (χ2v) is 6.51. The summed E-state index contributed by atoms with van der Waals surface area (Å²) in [6, 6.07) is 11.0. The van der Waals surface area contributed by atoms with Gasteiger partial charge in [0, 0.05) is 18.1 Å². The normalized spacial score (nSPS) is 12.9. The van der Waals surface area contributed by atoms with E-state index in [4.69, 9.17) is 23.2 Å². The maximum Gasteiger partial charge on any atom is 0.319 e. The third-order valence-electron chi connectivity index (χ3n) is 3.90. The Morgan fingerprint density at radius 1 is 1.00 bits per heavy atom. The van der Waals surface area contributed by atoms with Gasteiger partial charge in [-0.15, -0.1) is 0 Å². The van der Waals surface area contributed by atoms with Crippen LogP contribution in [0.3, 0.4) is 0 Å². The molecule has 2 aromatic carbocycles. The minimum atomic E-state index is -0.434. The molecule has 2 N–H and O–H groups in total. The minimum Gasteiger partial charge on any atom is -0.338 e. The number of nitrogens with zero attached hydrogens (tertiary/aromatic N) is 1. The number of imide groups is 1. The predicted molar refractivity (Wildman–Crippen MR) is 99.9 cm³/mol. The second-order valence-electron chi connectivity index (χ2n) is 5.67. The van der Waals surface area contributed by atoms with Gasteiger partial charge in [-0.1, -0.05) is 35.3 Å². The molecular weight excluding hydrogens is 377 g/mol. The fourth-order valence-electron chi connectivity index (χ4n) is 2.64. The number of benzene rings is 2. The van der Waals surface area contributed by atoms with Crippen LogP contribution in [0, 0.1) is 0 Å². The lowest BCUT2D eigenvalue weighted by Crippen LogP contribution is -2.35. The number of hydrogen-bond donors (Lipinski definition) is 2. The van der Waals surface area contributed by atoms with Crippen LogP contribution < -0.4 is 10.6 Å². The number of halogens is 2. The standard InChI is InChI=1S/C18H15Cl2N3O3/c19-11-6-7-15(14(20)10-11)22-18(26)21-8-3-9-23-16(24)12-4-1-2-5-13(12)17(23)25/h1-2,4-7,10H,3,8-9H2,(H2,21,22,26). The van der Waals surface area contributed by atoms with E-state index in [0.29, 0.717) is 39.8 Å². The van der Waals surface area contributed by atoms with Crippen LogP contribution in [0.2, 0.25) is 10.0 Å². The minimum absolute atomic E-state index is 0.230. The molecular formula is C18H15Cl2N3O3. The summed E-state index contributed by atoms with van der Waals surface area (Å²) >= 11 is 11.8. The number of rotatable bonds is 5. The Hall–Kier alpha value is -2.57. The Kier molecular flexibility index (Phi) is 5.44. The summed E-state index contributed by atoms with van der Waals surface area (Å²) in [4.78, 5) is 37.5. The number of urea groups is 1. The molecule has 0 aliphatic carbocycles. The number of hydrogen-bond acceptors (Lipinski definition) is 3. The Morgan fingerprint density at radius 2 is 1.65 bits per heavy atom. The van der Waals surface area contributed by atoms with Gasteiger partial charge < -0.3 is 10.6 Å². The largest absolute Gasteiger partial charge is 0.338 e. The van der Waals surface area contributed by atoms with Crippen LogP contribution in [0.1, 0.15) is 27.1 Å². The molecule has 0 radical (unpaired) electrons. The first kappa shape index (κ1) is 18.2. The van der Waals surface area contributed by atoms with E-state index in [1.54, 1.807) is 36.4 Å². The molecule has 0 aromatic heterocycles. The molecule has 0 atom stereocenters. The van der Waals surface area contributed by atoms with E-state index < -0.39 is 6.03 Å². The molecule has 0 unspecified atom stereocenters. The highest BCUT2D eigenvalue weighted by Gasteiger charge is 2.34. The fourth-order valence-corrected chi connectivity index (χ4v) is 3.09. The maximum absolute atomic E-state index is 12.2. The van der Waals surface area contributed by atoms with Gasteiger partial charge in [0.15, 0.2) is 0 Å². The van der Waals surface area contributed by atoms with Crippen LogP contribution in [0.25, 0.3) is 0 Å². The van der Waals surface area contributed by atoms with Crippen LogP contribution in [0.4, 0.5) is 10.5 Å². The zero-order valence-corrected chi connectivity index (χ0v) is 15.1. The summed E-state index contributed by atoms with van der Waals surface area (Å²) in [6.45, 7) is 0.527. The van der Waals surface area contributed by atoms with Crippen LogP contribution in [0.5, 0.6) is 0 Å². The van der Waals surface area contributed by atoms with Gasteiger partial charge in [0.05, 0.1) is 21.8 Å². The first-order valence-electron chi connectivity index (χ1n) is 7.92. The van der Waals surface area contributed by atoms with Crippen molar-refractivity contribution in [1.29, 1.82) is 0 Å². The summed E-state index contributed by atoms with van der Waals surface area (Å²) in [5.74, 6) is -0.606. The molecule has 26 heavy (non-hydrogen) atoms. The summed E-state index contributed by atoms with van der Waals surface area (Å²) in [6.07, 6.45) is 0.438. The number of fused-ring (bicyclic) bond motifs is 1. The third-order valence-corrected chi connectivity index (χ3v) is 4.45. The Bertz CT molecular complexity index is 851. The summed E-state index contributed by atoms with van der Waals surface area (Å²) < 4.78 is 0. The lowest BCUT2D eigenvalue weighted by atomic mass is 10.1. The van der Waals surface area contributed by atoms with Gasteiger partial charge in [0.1, 0.15) is 0 Å². The predicted octanol–water partition coefficient (Wildman–Crippen LogP) is 3.80. The Labute approximate surface area is 160 Å². The highest BCUT2D eigenvalue weighted by Crippen LogP contribution is 2.25. The molecule has 0 spiro atoms. The van der Waals surface area contributed by atoms with E-state index in [1.807, 2.05) is 0 Å². The van der Waals surface area contributed by atoms with Crippen molar-refractivity contribution in [1.82, 2.24) is 10.2 Å². The zero-order valence-electron chi connectivity index (χ0n) is 13.6. The molecule has 6 nitrogen and oxygen atoms in total. The van der Waals surface area contributed by atoms with E-state index in [2.05, 4.69) is 10.6 Å². The lowest BCUT2D eigenvalue weighted by molar-refractivity contribution is 0.0653. The molecule has 0 fully saturated rings. The van der Waals surface area contributed by atoms with Crippen molar-refractivity contribution >= 4 is 46.7 Å². The van der Waals surface area contributed by atoms with E-state index in [1.165, 1.54) is 11.0 Å². The van der Waals surface area contributed by atoms with Crippen molar-refractivity contribution in [2.24, 2.45) is 0 Å². The molecule has 0 saturated heterocycles. The molecule has 8 heteroatoms. The number of amides is 4. The van der Waals surface area contributed by atoms with Gasteiger partial charge in [-0.2, -0.15) is 0 Å². The van der Waals surface area contributed by atoms with Gasteiger partial charge in [0.2, 0.25) is 0 Å². The van der Waals surface area contributed by atoms with Crippen molar-refractivity contribution in [3.05, 3.63) is 63.6 Å². The Balaban J connectivity index is 1.47. The van der Waals surface area contributed by atoms with Gasteiger partial charge in [-0.25, -0.2) is 4.79 Å². The van der Waals surface area contributed by atoms with Crippen LogP contribution in [0.15, 0.2) is 42.5 Å². The molecule has 4 amide bonds. The molecule has 1 aliphatic rings. The number of carbonyl (C=O) groups is 3. The average molecular weight is 392 g/mol. The topological polar surface area (TPSA) is 78.5 Å². The van der Waals surface area contributed by atoms with Crippen LogP contribution in [-0.2, 0) is 0 Å². The van der Waals surface area contributed by atoms with Crippen LogP contribution >= 0.6 is 23.2 Å². The van der Waals surface area contributed by atoms with E-state index in [0.717, 1.165) is 0 Å². The summed E-state index contributed by atoms with van der Waals surface area (Å²) in [5, 5.41) is 6.07. The molecule has 0 bridgehead atoms. The molecule has 2 aromatic rings. The summed E-state index contributed by atoms with van der Waals surface area (Å²) in [7, 11) is 0. The number of anilines is 1. The molecule has 1 heterocycles. The highest BCUT2D eigenvalue weighted by molar-refractivity contribution is 6.36. The zero-order chi connectivity index (χ0) is 18.7. The van der Waals surface area contributed by atoms with Crippen molar-refractivity contribution in [3.63, 3.8) is 0 Å². The van der Waals surface area contributed by atoms with E-state index >= 15 is 0 Å². The van der Waals surface area contributed by atoms with Crippen LogP contribution in [-0.4, -0.2) is 35.8 Å². The van der Waals surface area contributed by atoms with Crippen molar-refractivity contribution in [2.75, 3.05) is 18.4 Å². The molecule has 1 aliphatic heterocycles. The van der Waals surface area contributed by atoms with Gasteiger partial charge in [-0.05, 0) is 36.8 Å². The summed E-state index contributed by atoms with van der Waals surface area (Å²) in [5.41, 5.74) is 1.27. The second kappa shape index (κ2) is 7.76. The van der Waals surface area contributed by atoms with Gasteiger partial charge in [0.25, 0.3) is 11.8 Å². The van der Waals surface area contributed by atoms with E-state index in [9.17, 15) is 14.4 Å². The van der Waals surface area contributed by atoms with Gasteiger partial charge in [-0.3, -0.25) is 14.5 Å². The smallest absolute Gasteiger partial charge is 0.319 e. The third kappa shape index (κ3) is 3.81.